The van der Waals surface area contributed by atoms with Gasteiger partial charge in [0.05, 0.1) is 0 Å². The highest BCUT2D eigenvalue weighted by Gasteiger charge is 1.89. The quantitative estimate of drug-likeness (QED) is 0.599. The van der Waals surface area contributed by atoms with E-state index in [0.29, 0.717) is 0 Å². The van der Waals surface area contributed by atoms with Crippen LogP contribution in [-0.2, 0) is 4.79 Å². The molecule has 0 aromatic heterocycles. The number of hydrogen-bond donors (Lipinski definition) is 1. The fraction of sp³-hybridized carbons (Fsp3) is 0.625. The first-order valence-electron chi connectivity index (χ1n) is 3.55. The van der Waals surface area contributed by atoms with Crippen molar-refractivity contribution < 1.29 is 4.79 Å². The highest BCUT2D eigenvalue weighted by Crippen LogP contribution is 1.94. The Hall–Kier alpha value is -0.630. The summed E-state index contributed by atoms with van der Waals surface area (Å²) in [5.41, 5.74) is 5.49. The van der Waals surface area contributed by atoms with Gasteiger partial charge in [0.25, 0.3) is 0 Å². The summed E-state index contributed by atoms with van der Waals surface area (Å²) in [7, 11) is 0. The van der Waals surface area contributed by atoms with Crippen molar-refractivity contribution in [2.75, 3.05) is 0 Å². The minimum absolute atomic E-state index is 0.102. The lowest BCUT2D eigenvalue weighted by atomic mass is 10.2. The maximum Gasteiger partial charge on any atom is 0.152 e. The molecule has 0 radical (unpaired) electrons. The van der Waals surface area contributed by atoms with Crippen molar-refractivity contribution in [1.82, 2.24) is 0 Å². The Labute approximate surface area is 62.1 Å². The molecule has 0 aliphatic rings. The average molecular weight is 141 g/mol. The third-order valence-corrected chi connectivity index (χ3v) is 1.14. The summed E-state index contributed by atoms with van der Waals surface area (Å²) in [5.74, 6) is 0.102. The van der Waals surface area contributed by atoms with E-state index in [9.17, 15) is 4.79 Å². The molecule has 2 heteroatoms. The topological polar surface area (TPSA) is 43.1 Å². The first kappa shape index (κ1) is 9.37. The number of nitrogens with two attached hydrogens (primary N) is 1. The molecule has 0 aliphatic heterocycles. The second-order valence-electron chi connectivity index (χ2n) is 2.57. The van der Waals surface area contributed by atoms with Gasteiger partial charge in [0.2, 0.25) is 0 Å². The van der Waals surface area contributed by atoms with Gasteiger partial charge in [-0.3, -0.25) is 4.79 Å². The highest BCUT2D eigenvalue weighted by atomic mass is 16.1. The van der Waals surface area contributed by atoms with E-state index >= 15 is 0 Å². The number of hydrogen-bond acceptors (Lipinski definition) is 2. The Morgan fingerprint density at radius 3 is 2.70 bits per heavy atom. The maximum absolute atomic E-state index is 10.4. The smallest absolute Gasteiger partial charge is 0.152 e. The van der Waals surface area contributed by atoms with Crippen LogP contribution in [0.3, 0.4) is 0 Å². The summed E-state index contributed by atoms with van der Waals surface area (Å²) < 4.78 is 0. The molecule has 10 heavy (non-hydrogen) atoms. The summed E-state index contributed by atoms with van der Waals surface area (Å²) >= 11 is 0. The molecule has 0 saturated carbocycles. The van der Waals surface area contributed by atoms with Gasteiger partial charge >= 0.3 is 0 Å². The first-order chi connectivity index (χ1) is 4.63. The zero-order valence-electron chi connectivity index (χ0n) is 6.63. The van der Waals surface area contributed by atoms with E-state index in [1.165, 1.54) is 0 Å². The van der Waals surface area contributed by atoms with Gasteiger partial charge in [-0.05, 0) is 32.8 Å². The number of ketones is 1. The Morgan fingerprint density at radius 2 is 2.30 bits per heavy atom. The molecule has 2 nitrogen and oxygen atoms in total. The van der Waals surface area contributed by atoms with E-state index in [4.69, 9.17) is 5.73 Å². The lowest BCUT2D eigenvalue weighted by Gasteiger charge is -1.98. The third-order valence-electron chi connectivity index (χ3n) is 1.14. The third kappa shape index (κ3) is 7.37. The monoisotopic (exact) mass is 141 g/mol. The molecule has 0 saturated heterocycles. The Balaban J connectivity index is 3.27. The van der Waals surface area contributed by atoms with Crippen LogP contribution in [0.5, 0.6) is 0 Å². The zero-order chi connectivity index (χ0) is 7.98. The van der Waals surface area contributed by atoms with Crippen molar-refractivity contribution in [3.63, 3.8) is 0 Å². The molecule has 0 rings (SSSR count). The van der Waals surface area contributed by atoms with Crippen molar-refractivity contribution in [3.8, 4) is 0 Å². The van der Waals surface area contributed by atoms with Gasteiger partial charge in [0.1, 0.15) is 0 Å². The Morgan fingerprint density at radius 1 is 1.70 bits per heavy atom. The van der Waals surface area contributed by atoms with Crippen LogP contribution in [0.4, 0.5) is 0 Å². The molecule has 0 heterocycles. The summed E-state index contributed by atoms with van der Waals surface area (Å²) in [5, 5.41) is 0. The molecule has 2 N–H and O–H groups in total. The molecule has 0 amide bonds. The van der Waals surface area contributed by atoms with Gasteiger partial charge in [-0.1, -0.05) is 6.08 Å². The minimum Gasteiger partial charge on any atom is -0.328 e. The van der Waals surface area contributed by atoms with Crippen LogP contribution < -0.4 is 5.73 Å². The van der Waals surface area contributed by atoms with Gasteiger partial charge in [0.15, 0.2) is 5.78 Å². The normalized spacial score (nSPS) is 13.9. The second kappa shape index (κ2) is 5.18. The van der Waals surface area contributed by atoms with Crippen molar-refractivity contribution >= 4 is 5.78 Å². The molecular weight excluding hydrogens is 126 g/mol. The molecule has 1 atom stereocenters. The van der Waals surface area contributed by atoms with E-state index < -0.39 is 0 Å². The number of carbonyl (C=O) groups excluding carboxylic acids is 1. The minimum atomic E-state index is 0.102. The molecule has 0 aliphatic carbocycles. The summed E-state index contributed by atoms with van der Waals surface area (Å²) in [6, 6.07) is 0.233. The first-order valence-corrected chi connectivity index (χ1v) is 3.55. The van der Waals surface area contributed by atoms with Crippen molar-refractivity contribution in [2.24, 2.45) is 5.73 Å². The SMILES string of the molecule is CC(=O)/C=C/CCC(C)N. The largest absolute Gasteiger partial charge is 0.328 e. The lowest BCUT2D eigenvalue weighted by molar-refractivity contribution is -0.112. The van der Waals surface area contributed by atoms with Crippen LogP contribution in [0.15, 0.2) is 12.2 Å². The summed E-state index contributed by atoms with van der Waals surface area (Å²) in [6.07, 6.45) is 5.30. The van der Waals surface area contributed by atoms with Gasteiger partial charge in [-0.2, -0.15) is 0 Å². The number of carbonyl (C=O) groups is 1. The average Bonchev–Trinajstić information content (AvgIpc) is 1.79. The van der Waals surface area contributed by atoms with Gasteiger partial charge < -0.3 is 5.73 Å². The Bertz CT molecular complexity index is 127. The molecule has 0 aromatic carbocycles. The van der Waals surface area contributed by atoms with E-state index in [1.54, 1.807) is 13.0 Å². The summed E-state index contributed by atoms with van der Waals surface area (Å²) in [4.78, 5) is 10.4. The van der Waals surface area contributed by atoms with Crippen molar-refractivity contribution in [2.45, 2.75) is 32.7 Å². The van der Waals surface area contributed by atoms with Gasteiger partial charge in [0, 0.05) is 6.04 Å². The molecule has 58 valence electrons. The van der Waals surface area contributed by atoms with E-state index in [1.807, 2.05) is 13.0 Å². The van der Waals surface area contributed by atoms with Gasteiger partial charge in [-0.25, -0.2) is 0 Å². The molecule has 1 unspecified atom stereocenters. The fourth-order valence-electron chi connectivity index (χ4n) is 0.608. The predicted octanol–water partition coefficient (Wildman–Crippen LogP) is 1.26. The van der Waals surface area contributed by atoms with Crippen LogP contribution in [0.2, 0.25) is 0 Å². The van der Waals surface area contributed by atoms with Crippen molar-refractivity contribution in [3.05, 3.63) is 12.2 Å². The van der Waals surface area contributed by atoms with Crippen LogP contribution in [-0.4, -0.2) is 11.8 Å². The fourth-order valence-corrected chi connectivity index (χ4v) is 0.608. The van der Waals surface area contributed by atoms with E-state index in [-0.39, 0.29) is 11.8 Å². The molecule has 0 aromatic rings. The van der Waals surface area contributed by atoms with E-state index in [0.717, 1.165) is 12.8 Å². The molecule has 0 bridgehead atoms. The Kier molecular flexibility index (Phi) is 4.85. The van der Waals surface area contributed by atoms with Crippen LogP contribution in [0, 0.1) is 0 Å². The summed E-state index contributed by atoms with van der Waals surface area (Å²) in [6.45, 7) is 3.50. The number of rotatable bonds is 4. The van der Waals surface area contributed by atoms with Crippen LogP contribution in [0.25, 0.3) is 0 Å². The highest BCUT2D eigenvalue weighted by molar-refractivity contribution is 5.87. The second-order valence-corrected chi connectivity index (χ2v) is 2.57. The van der Waals surface area contributed by atoms with Gasteiger partial charge in [-0.15, -0.1) is 0 Å². The molecular formula is C8H15NO. The molecule has 0 spiro atoms. The van der Waals surface area contributed by atoms with Crippen molar-refractivity contribution in [1.29, 1.82) is 0 Å². The lowest BCUT2D eigenvalue weighted by Crippen LogP contribution is -2.13. The number of allylic oxidation sites excluding steroid dienone is 2. The van der Waals surface area contributed by atoms with Crippen LogP contribution >= 0.6 is 0 Å². The standard InChI is InChI=1S/C8H15NO/c1-7(9)5-3-4-6-8(2)10/h4,6-7H,3,5,9H2,1-2H3/b6-4+. The van der Waals surface area contributed by atoms with Crippen LogP contribution in [0.1, 0.15) is 26.7 Å². The zero-order valence-corrected chi connectivity index (χ0v) is 6.63. The predicted molar refractivity (Wildman–Crippen MR) is 42.7 cm³/mol. The van der Waals surface area contributed by atoms with E-state index in [2.05, 4.69) is 0 Å². The molecule has 0 fully saturated rings. The maximum atomic E-state index is 10.4.